The summed E-state index contributed by atoms with van der Waals surface area (Å²) in [4.78, 5) is 19.7. The maximum atomic E-state index is 11.6. The Morgan fingerprint density at radius 2 is 2.06 bits per heavy atom. The Hall–Kier alpha value is -1.65. The lowest BCUT2D eigenvalue weighted by Crippen LogP contribution is -2.32. The minimum Gasteiger partial charge on any atom is -0.464 e. The molecule has 0 aromatic carbocycles. The summed E-state index contributed by atoms with van der Waals surface area (Å²) in [6, 6.07) is 0.611. The fraction of sp³-hybridized carbons (Fsp3) is 0.615. The van der Waals surface area contributed by atoms with Crippen LogP contribution in [0.3, 0.4) is 0 Å². The SMILES string of the molecule is CCOc1ncc(CCC(=O)NC(C)CC)cn1. The summed E-state index contributed by atoms with van der Waals surface area (Å²) >= 11 is 0. The molecule has 0 spiro atoms. The Morgan fingerprint density at radius 1 is 1.39 bits per heavy atom. The van der Waals surface area contributed by atoms with Crippen LogP contribution in [0, 0.1) is 0 Å². The second-order valence-corrected chi connectivity index (χ2v) is 4.18. The zero-order valence-electron chi connectivity index (χ0n) is 11.3. The van der Waals surface area contributed by atoms with Gasteiger partial charge in [0, 0.05) is 24.9 Å². The molecule has 0 aliphatic heterocycles. The first-order valence-corrected chi connectivity index (χ1v) is 6.38. The molecule has 1 unspecified atom stereocenters. The number of amides is 1. The van der Waals surface area contributed by atoms with Crippen molar-refractivity contribution in [1.29, 1.82) is 0 Å². The zero-order valence-corrected chi connectivity index (χ0v) is 11.3. The van der Waals surface area contributed by atoms with Gasteiger partial charge in [0.2, 0.25) is 5.91 Å². The number of rotatable bonds is 7. The number of nitrogens with one attached hydrogen (secondary N) is 1. The monoisotopic (exact) mass is 251 g/mol. The number of hydrogen-bond donors (Lipinski definition) is 1. The predicted molar refractivity (Wildman–Crippen MR) is 69.4 cm³/mol. The summed E-state index contributed by atoms with van der Waals surface area (Å²) in [5.74, 6) is 0.0678. The average Bonchev–Trinajstić information content (AvgIpc) is 2.38. The molecule has 0 saturated carbocycles. The summed E-state index contributed by atoms with van der Waals surface area (Å²) in [5, 5.41) is 2.93. The van der Waals surface area contributed by atoms with E-state index in [1.807, 2.05) is 20.8 Å². The predicted octanol–water partition coefficient (Wildman–Crippen LogP) is 1.72. The highest BCUT2D eigenvalue weighted by atomic mass is 16.5. The molecule has 1 atom stereocenters. The van der Waals surface area contributed by atoms with Crippen molar-refractivity contribution in [1.82, 2.24) is 15.3 Å². The maximum absolute atomic E-state index is 11.6. The Kier molecular flexibility index (Phi) is 6.11. The van der Waals surface area contributed by atoms with E-state index in [9.17, 15) is 4.79 Å². The first-order chi connectivity index (χ1) is 8.65. The fourth-order valence-electron chi connectivity index (χ4n) is 1.38. The van der Waals surface area contributed by atoms with Crippen LogP contribution in [0.1, 0.15) is 39.2 Å². The van der Waals surface area contributed by atoms with E-state index in [1.165, 1.54) is 0 Å². The van der Waals surface area contributed by atoms with Gasteiger partial charge in [-0.05, 0) is 32.3 Å². The summed E-state index contributed by atoms with van der Waals surface area (Å²) in [5.41, 5.74) is 0.942. The summed E-state index contributed by atoms with van der Waals surface area (Å²) in [6.07, 6.45) is 5.46. The number of ether oxygens (including phenoxy) is 1. The van der Waals surface area contributed by atoms with Crippen LogP contribution in [0.5, 0.6) is 6.01 Å². The van der Waals surface area contributed by atoms with E-state index in [2.05, 4.69) is 15.3 Å². The van der Waals surface area contributed by atoms with Crippen LogP contribution in [0.4, 0.5) is 0 Å². The van der Waals surface area contributed by atoms with E-state index < -0.39 is 0 Å². The molecule has 1 aromatic heterocycles. The van der Waals surface area contributed by atoms with Gasteiger partial charge < -0.3 is 10.1 Å². The van der Waals surface area contributed by atoms with Crippen LogP contribution in [0.15, 0.2) is 12.4 Å². The molecule has 1 aromatic rings. The number of carbonyl (C=O) groups excluding carboxylic acids is 1. The first-order valence-electron chi connectivity index (χ1n) is 6.38. The van der Waals surface area contributed by atoms with Gasteiger partial charge in [0.1, 0.15) is 0 Å². The molecule has 0 aliphatic carbocycles. The molecule has 1 heterocycles. The molecule has 100 valence electrons. The van der Waals surface area contributed by atoms with Crippen molar-refractivity contribution < 1.29 is 9.53 Å². The Bertz CT molecular complexity index is 365. The number of carbonyl (C=O) groups is 1. The van der Waals surface area contributed by atoms with Crippen molar-refractivity contribution in [3.05, 3.63) is 18.0 Å². The normalized spacial score (nSPS) is 11.9. The number of hydrogen-bond acceptors (Lipinski definition) is 4. The molecule has 0 saturated heterocycles. The summed E-state index contributed by atoms with van der Waals surface area (Å²) in [7, 11) is 0. The van der Waals surface area contributed by atoms with Crippen LogP contribution in [-0.2, 0) is 11.2 Å². The Balaban J connectivity index is 2.36. The van der Waals surface area contributed by atoms with Gasteiger partial charge in [-0.15, -0.1) is 0 Å². The highest BCUT2D eigenvalue weighted by molar-refractivity contribution is 5.76. The van der Waals surface area contributed by atoms with Crippen molar-refractivity contribution in [2.45, 2.75) is 46.1 Å². The van der Waals surface area contributed by atoms with E-state index in [1.54, 1.807) is 12.4 Å². The van der Waals surface area contributed by atoms with Crippen LogP contribution in [-0.4, -0.2) is 28.5 Å². The molecule has 1 amide bonds. The molecule has 0 radical (unpaired) electrons. The molecular formula is C13H21N3O2. The molecule has 0 bridgehead atoms. The van der Waals surface area contributed by atoms with E-state index in [0.717, 1.165) is 12.0 Å². The van der Waals surface area contributed by atoms with Crippen LogP contribution < -0.4 is 10.1 Å². The third kappa shape index (κ3) is 5.12. The fourth-order valence-corrected chi connectivity index (χ4v) is 1.38. The number of nitrogens with zero attached hydrogens (tertiary/aromatic N) is 2. The highest BCUT2D eigenvalue weighted by Gasteiger charge is 2.06. The lowest BCUT2D eigenvalue weighted by atomic mass is 10.1. The van der Waals surface area contributed by atoms with Gasteiger partial charge in [0.15, 0.2) is 0 Å². The molecule has 0 aliphatic rings. The number of aryl methyl sites for hydroxylation is 1. The molecule has 1 rings (SSSR count). The topological polar surface area (TPSA) is 64.1 Å². The number of aromatic nitrogens is 2. The van der Waals surface area contributed by atoms with Gasteiger partial charge in [-0.1, -0.05) is 6.92 Å². The van der Waals surface area contributed by atoms with E-state index in [-0.39, 0.29) is 11.9 Å². The average molecular weight is 251 g/mol. The molecule has 5 heteroatoms. The lowest BCUT2D eigenvalue weighted by molar-refractivity contribution is -0.121. The molecule has 1 N–H and O–H groups in total. The van der Waals surface area contributed by atoms with Gasteiger partial charge in [-0.3, -0.25) is 4.79 Å². The highest BCUT2D eigenvalue weighted by Crippen LogP contribution is 2.05. The standard InChI is InChI=1S/C13H21N3O2/c1-4-10(3)16-12(17)7-6-11-8-14-13(15-9-11)18-5-2/h8-10H,4-7H2,1-3H3,(H,16,17). The quantitative estimate of drug-likeness (QED) is 0.801. The second-order valence-electron chi connectivity index (χ2n) is 4.18. The zero-order chi connectivity index (χ0) is 13.4. The second kappa shape index (κ2) is 7.63. The Morgan fingerprint density at radius 3 is 2.61 bits per heavy atom. The van der Waals surface area contributed by atoms with Crippen LogP contribution in [0.25, 0.3) is 0 Å². The van der Waals surface area contributed by atoms with Crippen LogP contribution in [0.2, 0.25) is 0 Å². The molecular weight excluding hydrogens is 230 g/mol. The van der Waals surface area contributed by atoms with Crippen LogP contribution >= 0.6 is 0 Å². The van der Waals surface area contributed by atoms with Gasteiger partial charge >= 0.3 is 6.01 Å². The van der Waals surface area contributed by atoms with Crippen molar-refractivity contribution >= 4 is 5.91 Å². The Labute approximate surface area is 108 Å². The molecule has 5 nitrogen and oxygen atoms in total. The first kappa shape index (κ1) is 14.4. The van der Waals surface area contributed by atoms with E-state index >= 15 is 0 Å². The van der Waals surface area contributed by atoms with Crippen molar-refractivity contribution in [2.24, 2.45) is 0 Å². The van der Waals surface area contributed by atoms with Gasteiger partial charge in [0.05, 0.1) is 6.61 Å². The maximum Gasteiger partial charge on any atom is 0.316 e. The summed E-state index contributed by atoms with van der Waals surface area (Å²) < 4.78 is 5.15. The van der Waals surface area contributed by atoms with Gasteiger partial charge in [-0.2, -0.15) is 0 Å². The molecule has 0 fully saturated rings. The third-order valence-electron chi connectivity index (χ3n) is 2.62. The molecule has 18 heavy (non-hydrogen) atoms. The van der Waals surface area contributed by atoms with Gasteiger partial charge in [0.25, 0.3) is 0 Å². The largest absolute Gasteiger partial charge is 0.464 e. The lowest BCUT2D eigenvalue weighted by Gasteiger charge is -2.10. The van der Waals surface area contributed by atoms with Crippen molar-refractivity contribution in [3.63, 3.8) is 0 Å². The van der Waals surface area contributed by atoms with E-state index in [4.69, 9.17) is 4.74 Å². The minimum absolute atomic E-state index is 0.0678. The third-order valence-corrected chi connectivity index (χ3v) is 2.62. The van der Waals surface area contributed by atoms with Gasteiger partial charge in [-0.25, -0.2) is 9.97 Å². The summed E-state index contributed by atoms with van der Waals surface area (Å²) in [6.45, 7) is 6.48. The van der Waals surface area contributed by atoms with Crippen molar-refractivity contribution in [3.8, 4) is 6.01 Å². The smallest absolute Gasteiger partial charge is 0.316 e. The minimum atomic E-state index is 0.0678. The van der Waals surface area contributed by atoms with Crippen molar-refractivity contribution in [2.75, 3.05) is 6.61 Å². The van der Waals surface area contributed by atoms with E-state index in [0.29, 0.717) is 25.5 Å².